The van der Waals surface area contributed by atoms with Crippen molar-refractivity contribution in [2.45, 2.75) is 13.0 Å². The number of rotatable bonds is 8. The molecule has 9 heteroatoms. The van der Waals surface area contributed by atoms with Crippen LogP contribution in [0.1, 0.15) is 6.42 Å². The molecule has 0 amide bonds. The number of anilines is 1. The molecule has 0 aliphatic rings. The van der Waals surface area contributed by atoms with Crippen LogP contribution in [0.5, 0.6) is 0 Å². The number of imidazole rings is 1. The van der Waals surface area contributed by atoms with Crippen molar-refractivity contribution in [2.75, 3.05) is 11.9 Å². The Kier molecular flexibility index (Phi) is 5.70. The van der Waals surface area contributed by atoms with Crippen LogP contribution >= 0.6 is 0 Å². The maximum Gasteiger partial charge on any atom is 0.269 e. The average Bonchev–Trinajstić information content (AvgIpc) is 3.31. The van der Waals surface area contributed by atoms with E-state index >= 15 is 0 Å². The summed E-state index contributed by atoms with van der Waals surface area (Å²) in [6.07, 6.45) is 9.76. The van der Waals surface area contributed by atoms with E-state index in [9.17, 15) is 10.1 Å². The van der Waals surface area contributed by atoms with E-state index < -0.39 is 4.92 Å². The monoisotopic (exact) mass is 401 g/mol. The van der Waals surface area contributed by atoms with Gasteiger partial charge in [-0.1, -0.05) is 0 Å². The number of nitrogens with zero attached hydrogens (tertiary/aromatic N) is 6. The average molecular weight is 401 g/mol. The largest absolute Gasteiger partial charge is 0.370 e. The zero-order valence-corrected chi connectivity index (χ0v) is 16.0. The molecule has 0 saturated heterocycles. The van der Waals surface area contributed by atoms with Crippen molar-refractivity contribution in [3.63, 3.8) is 0 Å². The highest BCUT2D eigenvalue weighted by molar-refractivity contribution is 5.68. The molecule has 1 aromatic carbocycles. The summed E-state index contributed by atoms with van der Waals surface area (Å²) in [7, 11) is 0. The first-order valence-corrected chi connectivity index (χ1v) is 9.43. The lowest BCUT2D eigenvalue weighted by molar-refractivity contribution is -0.384. The van der Waals surface area contributed by atoms with Crippen LogP contribution < -0.4 is 5.32 Å². The normalized spacial score (nSPS) is 10.7. The molecule has 0 spiro atoms. The number of hydrogen-bond acceptors (Lipinski definition) is 7. The molecule has 0 atom stereocenters. The number of non-ortho nitro benzene ring substituents is 1. The van der Waals surface area contributed by atoms with Gasteiger partial charge in [0.1, 0.15) is 5.82 Å². The number of nitrogens with one attached hydrogen (secondary N) is 1. The predicted molar refractivity (Wildman–Crippen MR) is 113 cm³/mol. The van der Waals surface area contributed by atoms with Gasteiger partial charge in [-0.05, 0) is 30.7 Å². The molecule has 0 fully saturated rings. The topological polar surface area (TPSA) is 112 Å². The molecule has 150 valence electrons. The van der Waals surface area contributed by atoms with Crippen molar-refractivity contribution >= 4 is 11.5 Å². The van der Waals surface area contributed by atoms with Gasteiger partial charge in [-0.25, -0.2) is 15.0 Å². The first-order valence-electron chi connectivity index (χ1n) is 9.43. The number of hydrogen-bond donors (Lipinski definition) is 1. The van der Waals surface area contributed by atoms with Crippen molar-refractivity contribution in [3.8, 4) is 22.6 Å². The van der Waals surface area contributed by atoms with E-state index in [4.69, 9.17) is 0 Å². The Bertz CT molecular complexity index is 1110. The van der Waals surface area contributed by atoms with E-state index in [1.165, 1.54) is 12.1 Å². The highest BCUT2D eigenvalue weighted by Gasteiger charge is 2.11. The van der Waals surface area contributed by atoms with Gasteiger partial charge in [0.05, 0.1) is 16.9 Å². The second kappa shape index (κ2) is 8.91. The Morgan fingerprint density at radius 2 is 1.77 bits per heavy atom. The Labute approximate surface area is 172 Å². The van der Waals surface area contributed by atoms with Crippen LogP contribution in [0.3, 0.4) is 0 Å². The highest BCUT2D eigenvalue weighted by Crippen LogP contribution is 2.25. The molecule has 1 N–H and O–H groups in total. The van der Waals surface area contributed by atoms with Gasteiger partial charge in [-0.15, -0.1) is 0 Å². The summed E-state index contributed by atoms with van der Waals surface area (Å²) >= 11 is 0. The number of nitro groups is 1. The van der Waals surface area contributed by atoms with Crippen molar-refractivity contribution in [3.05, 3.63) is 83.7 Å². The molecular formula is C21H19N7O2. The fourth-order valence-corrected chi connectivity index (χ4v) is 2.97. The molecule has 3 aromatic heterocycles. The van der Waals surface area contributed by atoms with Crippen LogP contribution in [0.2, 0.25) is 0 Å². The van der Waals surface area contributed by atoms with E-state index in [2.05, 4.69) is 25.3 Å². The van der Waals surface area contributed by atoms with Gasteiger partial charge in [-0.3, -0.25) is 15.1 Å². The van der Waals surface area contributed by atoms with Gasteiger partial charge in [-0.2, -0.15) is 0 Å². The maximum atomic E-state index is 10.9. The first kappa shape index (κ1) is 19.2. The van der Waals surface area contributed by atoms with Crippen molar-refractivity contribution in [2.24, 2.45) is 0 Å². The minimum absolute atomic E-state index is 0.0417. The van der Waals surface area contributed by atoms with E-state index in [0.29, 0.717) is 17.3 Å². The van der Waals surface area contributed by atoms with Gasteiger partial charge >= 0.3 is 0 Å². The molecule has 30 heavy (non-hydrogen) atoms. The summed E-state index contributed by atoms with van der Waals surface area (Å²) in [5.41, 5.74) is 2.35. The molecule has 0 saturated carbocycles. The van der Waals surface area contributed by atoms with Gasteiger partial charge in [0.15, 0.2) is 5.82 Å². The standard InChI is InChI=1S/C21H19N7O2/c29-28(30)18-4-2-16(3-5-18)19-14-20(24-8-1-12-27-13-11-23-15-27)26-21(25-19)17-6-9-22-10-7-17/h2-7,9-11,13-15H,1,8,12H2,(H,24,25,26). The van der Waals surface area contributed by atoms with Gasteiger partial charge < -0.3 is 9.88 Å². The summed E-state index contributed by atoms with van der Waals surface area (Å²) in [6, 6.07) is 11.9. The van der Waals surface area contributed by atoms with Gasteiger partial charge in [0, 0.05) is 67.2 Å². The zero-order chi connectivity index (χ0) is 20.8. The fraction of sp³-hybridized carbons (Fsp3) is 0.143. The number of aromatic nitrogens is 5. The second-order valence-electron chi connectivity index (χ2n) is 6.58. The summed E-state index contributed by atoms with van der Waals surface area (Å²) < 4.78 is 2.02. The predicted octanol–water partition coefficient (Wildman–Crippen LogP) is 3.81. The molecule has 9 nitrogen and oxygen atoms in total. The van der Waals surface area contributed by atoms with Crippen LogP contribution in [0.15, 0.2) is 73.6 Å². The third-order valence-electron chi connectivity index (χ3n) is 4.50. The number of nitro benzene ring substituents is 1. The third-order valence-corrected chi connectivity index (χ3v) is 4.50. The molecule has 4 rings (SSSR count). The molecular weight excluding hydrogens is 382 g/mol. The van der Waals surface area contributed by atoms with Crippen LogP contribution in [0.25, 0.3) is 22.6 Å². The van der Waals surface area contributed by atoms with Crippen molar-refractivity contribution in [1.82, 2.24) is 24.5 Å². The lowest BCUT2D eigenvalue weighted by atomic mass is 10.1. The summed E-state index contributed by atoms with van der Waals surface area (Å²) in [5, 5.41) is 14.3. The lowest BCUT2D eigenvalue weighted by Gasteiger charge is -2.11. The molecule has 3 heterocycles. The van der Waals surface area contributed by atoms with Crippen LogP contribution in [-0.4, -0.2) is 36.0 Å². The molecule has 0 aliphatic heterocycles. The molecule has 4 aromatic rings. The van der Waals surface area contributed by atoms with Gasteiger partial charge in [0.2, 0.25) is 0 Å². The Hall–Kier alpha value is -4.14. The second-order valence-corrected chi connectivity index (χ2v) is 6.58. The van der Waals surface area contributed by atoms with E-state index in [1.807, 2.05) is 29.0 Å². The SMILES string of the molecule is O=[N+]([O-])c1ccc(-c2cc(NCCCn3ccnc3)nc(-c3ccncc3)n2)cc1. The Morgan fingerprint density at radius 1 is 0.967 bits per heavy atom. The summed E-state index contributed by atoms with van der Waals surface area (Å²) in [5.74, 6) is 1.25. The first-order chi connectivity index (χ1) is 14.7. The fourth-order valence-electron chi connectivity index (χ4n) is 2.97. The van der Waals surface area contributed by atoms with E-state index in [1.54, 1.807) is 37.1 Å². The van der Waals surface area contributed by atoms with Crippen LogP contribution in [0.4, 0.5) is 11.5 Å². The number of benzene rings is 1. The maximum absolute atomic E-state index is 10.9. The number of aryl methyl sites for hydroxylation is 1. The smallest absolute Gasteiger partial charge is 0.269 e. The minimum Gasteiger partial charge on any atom is -0.370 e. The number of pyridine rings is 1. The Balaban J connectivity index is 1.58. The van der Waals surface area contributed by atoms with Crippen molar-refractivity contribution < 1.29 is 4.92 Å². The van der Waals surface area contributed by atoms with Crippen molar-refractivity contribution in [1.29, 1.82) is 0 Å². The molecule has 0 bridgehead atoms. The summed E-state index contributed by atoms with van der Waals surface area (Å²) in [4.78, 5) is 27.9. The van der Waals surface area contributed by atoms with Gasteiger partial charge in [0.25, 0.3) is 5.69 Å². The van der Waals surface area contributed by atoms with Crippen LogP contribution in [-0.2, 0) is 6.54 Å². The molecule has 0 radical (unpaired) electrons. The highest BCUT2D eigenvalue weighted by atomic mass is 16.6. The molecule has 0 aliphatic carbocycles. The summed E-state index contributed by atoms with van der Waals surface area (Å²) in [6.45, 7) is 1.58. The Morgan fingerprint density at radius 3 is 2.47 bits per heavy atom. The van der Waals surface area contributed by atoms with E-state index in [0.717, 1.165) is 30.6 Å². The minimum atomic E-state index is -0.417. The van der Waals surface area contributed by atoms with E-state index in [-0.39, 0.29) is 5.69 Å². The molecule has 0 unspecified atom stereocenters. The lowest BCUT2D eigenvalue weighted by Crippen LogP contribution is -2.08. The third kappa shape index (κ3) is 4.64. The van der Waals surface area contributed by atoms with Crippen LogP contribution in [0, 0.1) is 10.1 Å². The quantitative estimate of drug-likeness (QED) is 0.271. The zero-order valence-electron chi connectivity index (χ0n) is 16.0.